The molecule has 0 saturated carbocycles. The molecule has 0 radical (unpaired) electrons. The highest BCUT2D eigenvalue weighted by Gasteiger charge is 2.35. The average Bonchev–Trinajstić information content (AvgIpc) is 2.48. The molecule has 1 atom stereocenters. The van der Waals surface area contributed by atoms with Gasteiger partial charge in [-0.15, -0.1) is 0 Å². The standard InChI is InChI=1S/C17H18O2/c1-19-15-10-8-14(9-11-15)17(18)12-4-6-13-5-2-3-7-16(13)17/h2-3,5,7-11,18H,4,6,12H2,1H3/t17-/m0/s1. The molecule has 1 aliphatic rings. The van der Waals surface area contributed by atoms with Crippen LogP contribution < -0.4 is 4.74 Å². The van der Waals surface area contributed by atoms with Crippen LogP contribution in [0.2, 0.25) is 0 Å². The normalized spacial score (nSPS) is 21.8. The molecule has 2 aromatic carbocycles. The minimum absolute atomic E-state index is 0.774. The van der Waals surface area contributed by atoms with Gasteiger partial charge in [0.05, 0.1) is 7.11 Å². The number of aryl methyl sites for hydroxylation is 1. The van der Waals surface area contributed by atoms with Gasteiger partial charge in [0.15, 0.2) is 0 Å². The predicted octanol–water partition coefficient (Wildman–Crippen LogP) is 3.27. The van der Waals surface area contributed by atoms with Crippen molar-refractivity contribution in [3.8, 4) is 5.75 Å². The third-order valence-corrected chi connectivity index (χ3v) is 4.02. The van der Waals surface area contributed by atoms with Gasteiger partial charge >= 0.3 is 0 Å². The zero-order valence-electron chi connectivity index (χ0n) is 11.1. The Kier molecular flexibility index (Phi) is 3.03. The molecule has 3 rings (SSSR count). The van der Waals surface area contributed by atoms with Gasteiger partial charge in [-0.2, -0.15) is 0 Å². The smallest absolute Gasteiger partial charge is 0.118 e. The molecule has 0 fully saturated rings. The summed E-state index contributed by atoms with van der Waals surface area (Å²) in [5.74, 6) is 0.816. The lowest BCUT2D eigenvalue weighted by atomic mass is 9.75. The van der Waals surface area contributed by atoms with E-state index >= 15 is 0 Å². The van der Waals surface area contributed by atoms with Gasteiger partial charge in [0.1, 0.15) is 11.4 Å². The summed E-state index contributed by atoms with van der Waals surface area (Å²) >= 11 is 0. The Morgan fingerprint density at radius 3 is 2.53 bits per heavy atom. The fourth-order valence-corrected chi connectivity index (χ4v) is 2.98. The maximum absolute atomic E-state index is 11.1. The molecule has 0 unspecified atom stereocenters. The van der Waals surface area contributed by atoms with Crippen LogP contribution in [0.25, 0.3) is 0 Å². The van der Waals surface area contributed by atoms with E-state index < -0.39 is 5.60 Å². The van der Waals surface area contributed by atoms with Crippen molar-refractivity contribution in [2.75, 3.05) is 7.11 Å². The first-order chi connectivity index (χ1) is 9.24. The van der Waals surface area contributed by atoms with Gasteiger partial charge in [0.2, 0.25) is 0 Å². The van der Waals surface area contributed by atoms with Gasteiger partial charge in [0.25, 0.3) is 0 Å². The molecule has 2 aromatic rings. The van der Waals surface area contributed by atoms with E-state index in [2.05, 4.69) is 6.07 Å². The van der Waals surface area contributed by atoms with E-state index in [1.165, 1.54) is 5.56 Å². The van der Waals surface area contributed by atoms with Crippen molar-refractivity contribution in [1.82, 2.24) is 0 Å². The molecule has 0 saturated heterocycles. The second kappa shape index (κ2) is 4.71. The van der Waals surface area contributed by atoms with Crippen molar-refractivity contribution in [1.29, 1.82) is 0 Å². The molecule has 98 valence electrons. The summed E-state index contributed by atoms with van der Waals surface area (Å²) < 4.78 is 5.18. The zero-order chi connectivity index (χ0) is 13.3. The Morgan fingerprint density at radius 1 is 1.05 bits per heavy atom. The van der Waals surface area contributed by atoms with Crippen LogP contribution in [0.15, 0.2) is 48.5 Å². The number of hydrogen-bond acceptors (Lipinski definition) is 2. The van der Waals surface area contributed by atoms with Crippen molar-refractivity contribution in [3.63, 3.8) is 0 Å². The van der Waals surface area contributed by atoms with Gasteiger partial charge < -0.3 is 9.84 Å². The van der Waals surface area contributed by atoms with Gasteiger partial charge in [-0.1, -0.05) is 36.4 Å². The maximum Gasteiger partial charge on any atom is 0.118 e. The van der Waals surface area contributed by atoms with E-state index in [0.717, 1.165) is 36.1 Å². The van der Waals surface area contributed by atoms with Crippen molar-refractivity contribution in [2.24, 2.45) is 0 Å². The molecule has 0 aliphatic heterocycles. The van der Waals surface area contributed by atoms with Crippen molar-refractivity contribution < 1.29 is 9.84 Å². The minimum Gasteiger partial charge on any atom is -0.497 e. The lowest BCUT2D eigenvalue weighted by molar-refractivity contribution is 0.0615. The number of methoxy groups -OCH3 is 1. The van der Waals surface area contributed by atoms with Crippen molar-refractivity contribution in [2.45, 2.75) is 24.9 Å². The van der Waals surface area contributed by atoms with Crippen molar-refractivity contribution in [3.05, 3.63) is 65.2 Å². The second-order valence-corrected chi connectivity index (χ2v) is 5.10. The molecular formula is C17H18O2. The highest BCUT2D eigenvalue weighted by molar-refractivity contribution is 5.44. The maximum atomic E-state index is 11.1. The third-order valence-electron chi connectivity index (χ3n) is 4.02. The molecule has 2 nitrogen and oxygen atoms in total. The number of fused-ring (bicyclic) bond motifs is 1. The second-order valence-electron chi connectivity index (χ2n) is 5.10. The number of ether oxygens (including phenoxy) is 1. The van der Waals surface area contributed by atoms with Crippen LogP contribution in [0.5, 0.6) is 5.75 Å². The van der Waals surface area contributed by atoms with Crippen LogP contribution in [0.1, 0.15) is 29.5 Å². The first-order valence-corrected chi connectivity index (χ1v) is 6.69. The Bertz CT molecular complexity index is 574. The van der Waals surface area contributed by atoms with Gasteiger partial charge in [-0.25, -0.2) is 0 Å². The summed E-state index contributed by atoms with van der Waals surface area (Å²) in [6.45, 7) is 0. The van der Waals surface area contributed by atoms with Crippen LogP contribution in [0.4, 0.5) is 0 Å². The Hall–Kier alpha value is -1.80. The largest absolute Gasteiger partial charge is 0.497 e. The summed E-state index contributed by atoms with van der Waals surface area (Å²) in [7, 11) is 1.65. The van der Waals surface area contributed by atoms with Gasteiger partial charge in [-0.3, -0.25) is 0 Å². The monoisotopic (exact) mass is 254 g/mol. The van der Waals surface area contributed by atoms with Crippen LogP contribution in [0, 0.1) is 0 Å². The SMILES string of the molecule is COc1ccc([C@@]2(O)CCCc3ccccc32)cc1. The molecule has 0 heterocycles. The molecule has 0 aromatic heterocycles. The topological polar surface area (TPSA) is 29.5 Å². The summed E-state index contributed by atoms with van der Waals surface area (Å²) in [6.07, 6.45) is 2.84. The highest BCUT2D eigenvalue weighted by Crippen LogP contribution is 2.40. The molecule has 0 amide bonds. The predicted molar refractivity (Wildman–Crippen MR) is 75.4 cm³/mol. The van der Waals surface area contributed by atoms with E-state index in [4.69, 9.17) is 4.74 Å². The molecule has 0 bridgehead atoms. The van der Waals surface area contributed by atoms with Crippen molar-refractivity contribution >= 4 is 0 Å². The summed E-state index contributed by atoms with van der Waals surface area (Å²) in [5.41, 5.74) is 2.39. The van der Waals surface area contributed by atoms with Gasteiger partial charge in [-0.05, 0) is 48.1 Å². The summed E-state index contributed by atoms with van der Waals surface area (Å²) in [6, 6.07) is 15.9. The molecule has 0 spiro atoms. The zero-order valence-corrected chi connectivity index (χ0v) is 11.1. The summed E-state index contributed by atoms with van der Waals surface area (Å²) in [5, 5.41) is 11.1. The third kappa shape index (κ3) is 2.02. The fraction of sp³-hybridized carbons (Fsp3) is 0.294. The number of benzene rings is 2. The molecule has 2 heteroatoms. The Balaban J connectivity index is 2.07. The first-order valence-electron chi connectivity index (χ1n) is 6.69. The van der Waals surface area contributed by atoms with Crippen LogP contribution in [-0.4, -0.2) is 12.2 Å². The van der Waals surface area contributed by atoms with E-state index in [1.54, 1.807) is 7.11 Å². The van der Waals surface area contributed by atoms with Gasteiger partial charge in [0, 0.05) is 0 Å². The molecular weight excluding hydrogens is 236 g/mol. The number of rotatable bonds is 2. The van der Waals surface area contributed by atoms with E-state index in [0.29, 0.717) is 0 Å². The lowest BCUT2D eigenvalue weighted by Crippen LogP contribution is -2.31. The average molecular weight is 254 g/mol. The quantitative estimate of drug-likeness (QED) is 0.891. The number of aliphatic hydroxyl groups is 1. The van der Waals surface area contributed by atoms with Crippen LogP contribution in [0.3, 0.4) is 0 Å². The van der Waals surface area contributed by atoms with E-state index in [9.17, 15) is 5.11 Å². The Morgan fingerprint density at radius 2 is 1.79 bits per heavy atom. The fourth-order valence-electron chi connectivity index (χ4n) is 2.98. The number of hydrogen-bond donors (Lipinski definition) is 1. The van der Waals surface area contributed by atoms with E-state index in [-0.39, 0.29) is 0 Å². The molecule has 1 N–H and O–H groups in total. The summed E-state index contributed by atoms with van der Waals surface area (Å²) in [4.78, 5) is 0. The van der Waals surface area contributed by atoms with Crippen LogP contribution in [-0.2, 0) is 12.0 Å². The molecule has 19 heavy (non-hydrogen) atoms. The van der Waals surface area contributed by atoms with E-state index in [1.807, 2.05) is 42.5 Å². The Labute approximate surface area is 113 Å². The van der Waals surface area contributed by atoms with Crippen LogP contribution >= 0.6 is 0 Å². The highest BCUT2D eigenvalue weighted by atomic mass is 16.5. The lowest BCUT2D eigenvalue weighted by Gasteiger charge is -2.35. The molecule has 1 aliphatic carbocycles. The first kappa shape index (κ1) is 12.2. The minimum atomic E-state index is -0.860.